The van der Waals surface area contributed by atoms with Crippen LogP contribution < -0.4 is 0 Å². The van der Waals surface area contributed by atoms with Crippen molar-refractivity contribution in [1.29, 1.82) is 0 Å². The van der Waals surface area contributed by atoms with E-state index in [1.165, 1.54) is 11.0 Å². The molecule has 1 nitrogen and oxygen atoms in total. The fourth-order valence-electron chi connectivity index (χ4n) is 1.64. The zero-order valence-corrected chi connectivity index (χ0v) is 9.21. The van der Waals surface area contributed by atoms with Gasteiger partial charge in [0.25, 0.3) is 0 Å². The van der Waals surface area contributed by atoms with E-state index >= 15 is 0 Å². The average Bonchev–Trinajstić information content (AvgIpc) is 2.06. The number of Topliss-reactive ketones (excluding diaryl/α,β-unsaturated/α-hetero) is 1. The van der Waals surface area contributed by atoms with Gasteiger partial charge in [-0.3, -0.25) is 0 Å². The Morgan fingerprint density at radius 1 is 1.50 bits per heavy atom. The van der Waals surface area contributed by atoms with E-state index in [-0.39, 0.29) is 5.78 Å². The monoisotopic (exact) mass is 188 g/mol. The van der Waals surface area contributed by atoms with Gasteiger partial charge in [0.15, 0.2) is 0 Å². The molecule has 1 aromatic heterocycles. The van der Waals surface area contributed by atoms with E-state index in [0.29, 0.717) is 12.3 Å². The van der Waals surface area contributed by atoms with Crippen LogP contribution in [0.3, 0.4) is 0 Å². The van der Waals surface area contributed by atoms with Crippen molar-refractivity contribution < 1.29 is 4.79 Å². The summed E-state index contributed by atoms with van der Waals surface area (Å²) in [5.74, 6) is 2.92. The van der Waals surface area contributed by atoms with Crippen LogP contribution in [0.25, 0.3) is 0 Å². The van der Waals surface area contributed by atoms with Gasteiger partial charge in [0, 0.05) is 0 Å². The van der Waals surface area contributed by atoms with Crippen LogP contribution in [0.5, 0.6) is 0 Å². The van der Waals surface area contributed by atoms with Crippen molar-refractivity contribution in [2.75, 3.05) is 0 Å². The molecule has 0 amide bonds. The molecule has 2 heteroatoms. The van der Waals surface area contributed by atoms with Crippen molar-refractivity contribution in [2.24, 2.45) is 5.92 Å². The Kier molecular flexibility index (Phi) is 4.06. The molecule has 0 aliphatic heterocycles. The van der Waals surface area contributed by atoms with Gasteiger partial charge < -0.3 is 0 Å². The summed E-state index contributed by atoms with van der Waals surface area (Å²) in [6.07, 6.45) is 1.63. The first-order valence-corrected chi connectivity index (χ1v) is 5.16. The molecule has 0 spiro atoms. The number of hydrogen-bond acceptors (Lipinski definition) is 1. The molecule has 1 aromatic rings. The Morgan fingerprint density at radius 2 is 2.21 bits per heavy atom. The van der Waals surface area contributed by atoms with Gasteiger partial charge in [-0.1, -0.05) is 0 Å². The number of carbonyl (C=O) groups is 1. The molecule has 74 valence electrons. The van der Waals surface area contributed by atoms with Crippen LogP contribution in [0.2, 0.25) is 0 Å². The van der Waals surface area contributed by atoms with Crippen LogP contribution in [-0.2, 0) is 17.6 Å². The topological polar surface area (TPSA) is 17.1 Å². The van der Waals surface area contributed by atoms with E-state index in [0.717, 1.165) is 6.42 Å². The minimum atomic E-state index is 0.237. The first-order chi connectivity index (χ1) is 6.59. The standard InChI is InChI=1S/C12H17BO/c1-9(2)7-12-11(8-10(3)14)5-4-6-13-12/h4-6,9H,7-8H2,1-3H3. The Morgan fingerprint density at radius 3 is 2.79 bits per heavy atom. The van der Waals surface area contributed by atoms with Gasteiger partial charge in [-0.05, 0) is 0 Å². The SMILES string of the molecule is CC(=O)Cc1cccbc1CC(C)C. The molecule has 0 unspecified atom stereocenters. The van der Waals surface area contributed by atoms with Gasteiger partial charge in [-0.25, -0.2) is 0 Å². The number of ketones is 1. The van der Waals surface area contributed by atoms with Crippen molar-refractivity contribution in [1.82, 2.24) is 0 Å². The predicted molar refractivity (Wildman–Crippen MR) is 60.7 cm³/mol. The summed E-state index contributed by atoms with van der Waals surface area (Å²) in [5, 5.41) is 0. The van der Waals surface area contributed by atoms with E-state index < -0.39 is 0 Å². The van der Waals surface area contributed by atoms with Crippen molar-refractivity contribution in [2.45, 2.75) is 33.6 Å². The van der Waals surface area contributed by atoms with Crippen molar-refractivity contribution >= 4 is 12.7 Å². The minimum absolute atomic E-state index is 0.237. The summed E-state index contributed by atoms with van der Waals surface area (Å²) >= 11 is 0. The molecule has 0 aromatic carbocycles. The molecular weight excluding hydrogens is 171 g/mol. The Hall–Kier alpha value is -0.915. The van der Waals surface area contributed by atoms with Gasteiger partial charge >= 0.3 is 86.1 Å². The summed E-state index contributed by atoms with van der Waals surface area (Å²) in [6.45, 7) is 8.17. The third-order valence-electron chi connectivity index (χ3n) is 2.19. The van der Waals surface area contributed by atoms with E-state index in [9.17, 15) is 4.79 Å². The van der Waals surface area contributed by atoms with Crippen molar-refractivity contribution in [3.8, 4) is 0 Å². The molecule has 0 radical (unpaired) electrons. The molecule has 14 heavy (non-hydrogen) atoms. The molecule has 0 N–H and O–H groups in total. The molecule has 0 aliphatic carbocycles. The fourth-order valence-corrected chi connectivity index (χ4v) is 1.64. The van der Waals surface area contributed by atoms with Gasteiger partial charge in [-0.15, -0.1) is 0 Å². The van der Waals surface area contributed by atoms with Crippen molar-refractivity contribution in [3.05, 3.63) is 29.1 Å². The number of carbonyl (C=O) groups excluding carboxylic acids is 1. The zero-order valence-electron chi connectivity index (χ0n) is 9.21. The Balaban J connectivity index is 2.85. The summed E-state index contributed by atoms with van der Waals surface area (Å²) in [4.78, 5) is 11.1. The number of rotatable bonds is 4. The number of hydrogen-bond donors (Lipinski definition) is 0. The summed E-state index contributed by atoms with van der Waals surface area (Å²) in [7, 11) is 0. The predicted octanol–water partition coefficient (Wildman–Crippen LogP) is 2.35. The van der Waals surface area contributed by atoms with Crippen LogP contribution in [-0.4, -0.2) is 12.7 Å². The third-order valence-corrected chi connectivity index (χ3v) is 2.19. The van der Waals surface area contributed by atoms with Crippen LogP contribution >= 0.6 is 0 Å². The van der Waals surface area contributed by atoms with Crippen LogP contribution in [0, 0.1) is 5.92 Å². The second-order valence-corrected chi connectivity index (χ2v) is 4.25. The van der Waals surface area contributed by atoms with E-state index in [4.69, 9.17) is 0 Å². The van der Waals surface area contributed by atoms with Crippen LogP contribution in [0.1, 0.15) is 31.8 Å². The molecule has 1 heterocycles. The quantitative estimate of drug-likeness (QED) is 0.708. The van der Waals surface area contributed by atoms with Crippen LogP contribution in [0.15, 0.2) is 18.1 Å². The summed E-state index contributed by atoms with van der Waals surface area (Å²) in [6, 6.07) is 4.06. The molecule has 0 saturated carbocycles. The third kappa shape index (κ3) is 3.45. The van der Waals surface area contributed by atoms with Gasteiger partial charge in [0.05, 0.1) is 0 Å². The average molecular weight is 188 g/mol. The Bertz CT molecular complexity index is 318. The summed E-state index contributed by atoms with van der Waals surface area (Å²) in [5.41, 5.74) is 2.51. The molecule has 0 fully saturated rings. The van der Waals surface area contributed by atoms with E-state index in [1.54, 1.807) is 6.92 Å². The zero-order chi connectivity index (χ0) is 10.6. The maximum atomic E-state index is 11.1. The summed E-state index contributed by atoms with van der Waals surface area (Å²) < 4.78 is 0. The first-order valence-electron chi connectivity index (χ1n) is 5.16. The molecule has 0 bridgehead atoms. The fraction of sp³-hybridized carbons (Fsp3) is 0.500. The van der Waals surface area contributed by atoms with Gasteiger partial charge in [0.1, 0.15) is 0 Å². The molecular formula is C12H17BO. The Labute approximate surface area is 86.7 Å². The normalized spacial score (nSPS) is 10.3. The van der Waals surface area contributed by atoms with E-state index in [2.05, 4.69) is 26.8 Å². The van der Waals surface area contributed by atoms with Crippen LogP contribution in [0.4, 0.5) is 0 Å². The van der Waals surface area contributed by atoms with Crippen molar-refractivity contribution in [3.63, 3.8) is 0 Å². The molecule has 1 rings (SSSR count). The molecule has 0 aliphatic rings. The molecule has 0 atom stereocenters. The molecule has 0 saturated heterocycles. The van der Waals surface area contributed by atoms with Gasteiger partial charge in [0.2, 0.25) is 0 Å². The first kappa shape index (κ1) is 11.2. The maximum absolute atomic E-state index is 11.1. The van der Waals surface area contributed by atoms with Gasteiger partial charge in [-0.2, -0.15) is 0 Å². The van der Waals surface area contributed by atoms with E-state index in [1.807, 2.05) is 12.0 Å². The second kappa shape index (κ2) is 5.09. The second-order valence-electron chi connectivity index (χ2n) is 4.25.